The Morgan fingerprint density at radius 3 is 2.45 bits per heavy atom. The first kappa shape index (κ1) is 20.6. The number of nitro groups is 1. The molecule has 2 aromatic rings. The van der Waals surface area contributed by atoms with Gasteiger partial charge in [-0.05, 0) is 55.8 Å². The molecular weight excluding hydrogens is 398 g/mol. The van der Waals surface area contributed by atoms with Gasteiger partial charge >= 0.3 is 0 Å². The van der Waals surface area contributed by atoms with Gasteiger partial charge < -0.3 is 10.1 Å². The van der Waals surface area contributed by atoms with E-state index >= 15 is 0 Å². The number of sulfonamides is 1. The summed E-state index contributed by atoms with van der Waals surface area (Å²) in [6.07, 6.45) is 0.190. The van der Waals surface area contributed by atoms with E-state index in [2.05, 4.69) is 10.0 Å². The van der Waals surface area contributed by atoms with Gasteiger partial charge in [0, 0.05) is 22.7 Å². The van der Waals surface area contributed by atoms with Crippen molar-refractivity contribution in [1.82, 2.24) is 0 Å². The zero-order valence-electron chi connectivity index (χ0n) is 15.9. The summed E-state index contributed by atoms with van der Waals surface area (Å²) in [5, 5.41) is 13.3. The largest absolute Gasteiger partial charge is 0.494 e. The van der Waals surface area contributed by atoms with Crippen molar-refractivity contribution in [3.05, 3.63) is 58.1 Å². The van der Waals surface area contributed by atoms with E-state index in [0.717, 1.165) is 0 Å². The van der Waals surface area contributed by atoms with Crippen LogP contribution in [0.2, 0.25) is 0 Å². The molecule has 0 heterocycles. The van der Waals surface area contributed by atoms with Crippen LogP contribution in [0.3, 0.4) is 0 Å². The van der Waals surface area contributed by atoms with Crippen molar-refractivity contribution in [2.75, 3.05) is 16.6 Å². The first-order chi connectivity index (χ1) is 13.7. The summed E-state index contributed by atoms with van der Waals surface area (Å²) >= 11 is 0. The molecule has 0 radical (unpaired) electrons. The number of carbonyl (C=O) groups is 1. The lowest BCUT2D eigenvalue weighted by molar-refractivity contribution is -0.497. The third kappa shape index (κ3) is 4.83. The summed E-state index contributed by atoms with van der Waals surface area (Å²) in [5.41, 5.74) is 1.13. The Morgan fingerprint density at radius 2 is 1.86 bits per heavy atom. The van der Waals surface area contributed by atoms with Gasteiger partial charge in [-0.15, -0.1) is 0 Å². The lowest BCUT2D eigenvalue weighted by Crippen LogP contribution is -2.19. The molecule has 3 rings (SSSR count). The molecule has 0 saturated heterocycles. The van der Waals surface area contributed by atoms with Crippen molar-refractivity contribution < 1.29 is 22.9 Å². The second-order valence-electron chi connectivity index (χ2n) is 6.73. The molecule has 0 spiro atoms. The van der Waals surface area contributed by atoms with Crippen LogP contribution >= 0.6 is 0 Å². The lowest BCUT2D eigenvalue weighted by atomic mass is 10.2. The zero-order chi connectivity index (χ0) is 21.2. The number of carbonyl (C=O) groups excluding carboxylic acids is 1. The van der Waals surface area contributed by atoms with E-state index in [0.29, 0.717) is 23.6 Å². The van der Waals surface area contributed by atoms with E-state index in [1.54, 1.807) is 43.3 Å². The van der Waals surface area contributed by atoms with Crippen molar-refractivity contribution in [2.24, 2.45) is 5.92 Å². The maximum absolute atomic E-state index is 12.8. The van der Waals surface area contributed by atoms with Gasteiger partial charge in [-0.3, -0.25) is 19.6 Å². The Morgan fingerprint density at radius 1 is 1.21 bits per heavy atom. The van der Waals surface area contributed by atoms with Crippen molar-refractivity contribution in [2.45, 2.75) is 31.2 Å². The summed E-state index contributed by atoms with van der Waals surface area (Å²) in [5.74, 6) is -0.545. The van der Waals surface area contributed by atoms with Crippen molar-refractivity contribution >= 4 is 27.3 Å². The van der Waals surface area contributed by atoms with Crippen LogP contribution in [0.1, 0.15) is 18.9 Å². The maximum Gasteiger partial charge on any atom is 0.262 e. The molecule has 2 N–H and O–H groups in total. The highest BCUT2D eigenvalue weighted by Gasteiger charge is 2.53. The number of nitrogens with zero attached hydrogens (tertiary/aromatic N) is 1. The molecule has 0 unspecified atom stereocenters. The summed E-state index contributed by atoms with van der Waals surface area (Å²) in [6.45, 7) is 4.00. The maximum atomic E-state index is 12.8. The topological polar surface area (TPSA) is 128 Å². The number of anilines is 2. The molecule has 2 atom stereocenters. The molecule has 0 bridgehead atoms. The number of hydrogen-bond acceptors (Lipinski definition) is 6. The van der Waals surface area contributed by atoms with Gasteiger partial charge in [-0.25, -0.2) is 8.42 Å². The van der Waals surface area contributed by atoms with Gasteiger partial charge in [0.2, 0.25) is 11.9 Å². The van der Waals surface area contributed by atoms with Gasteiger partial charge in [0.25, 0.3) is 10.0 Å². The smallest absolute Gasteiger partial charge is 0.262 e. The Kier molecular flexibility index (Phi) is 5.73. The predicted octanol–water partition coefficient (Wildman–Crippen LogP) is 2.80. The average molecular weight is 419 g/mol. The van der Waals surface area contributed by atoms with Crippen LogP contribution in [0.25, 0.3) is 0 Å². The lowest BCUT2D eigenvalue weighted by Gasteiger charge is -2.13. The molecule has 0 aromatic heterocycles. The van der Waals surface area contributed by atoms with Crippen LogP contribution in [-0.4, -0.2) is 31.9 Å². The molecule has 9 nitrogen and oxygen atoms in total. The third-order valence-electron chi connectivity index (χ3n) is 4.53. The Balaban J connectivity index is 1.75. The van der Waals surface area contributed by atoms with Gasteiger partial charge in [0.05, 0.1) is 11.5 Å². The quantitative estimate of drug-likeness (QED) is 0.500. The molecule has 10 heteroatoms. The zero-order valence-corrected chi connectivity index (χ0v) is 16.7. The Labute approximate surface area is 168 Å². The molecule has 1 aliphatic rings. The van der Waals surface area contributed by atoms with Crippen molar-refractivity contribution in [3.8, 4) is 5.75 Å². The second kappa shape index (κ2) is 8.08. The van der Waals surface area contributed by atoms with Crippen LogP contribution in [0, 0.1) is 23.0 Å². The first-order valence-corrected chi connectivity index (χ1v) is 10.5. The van der Waals surface area contributed by atoms with E-state index in [-0.39, 0.29) is 17.0 Å². The minimum absolute atomic E-state index is 0.00538. The minimum Gasteiger partial charge on any atom is -0.494 e. The second-order valence-corrected chi connectivity index (χ2v) is 8.38. The van der Waals surface area contributed by atoms with Gasteiger partial charge in [0.15, 0.2) is 0 Å². The summed E-state index contributed by atoms with van der Waals surface area (Å²) in [6, 6.07) is 10.1. The van der Waals surface area contributed by atoms with E-state index in [9.17, 15) is 23.3 Å². The highest BCUT2D eigenvalue weighted by atomic mass is 32.2. The molecule has 1 amide bonds. The monoisotopic (exact) mass is 419 g/mol. The number of aryl methyl sites for hydroxylation is 1. The fourth-order valence-corrected chi connectivity index (χ4v) is 4.23. The van der Waals surface area contributed by atoms with E-state index < -0.39 is 32.8 Å². The number of rotatable bonds is 8. The Bertz CT molecular complexity index is 1040. The van der Waals surface area contributed by atoms with Gasteiger partial charge in [-0.1, -0.05) is 6.07 Å². The highest BCUT2D eigenvalue weighted by molar-refractivity contribution is 7.92. The fraction of sp³-hybridized carbons (Fsp3) is 0.316. The number of benzene rings is 2. The van der Waals surface area contributed by atoms with E-state index in [4.69, 9.17) is 4.74 Å². The fourth-order valence-electron chi connectivity index (χ4n) is 2.89. The standard InChI is InChI=1S/C19H21N3O6S/c1-3-28-15-8-6-13(7-9-15)21-29(26,27)18-10-14(5-4-12(18)2)20-19(23)16-11-17(16)22(24)25/h4-10,16-17,21H,3,11H2,1-2H3,(H,20,23)/t16-,17+/m1/s1. The molecular formula is C19H21N3O6S. The van der Waals surface area contributed by atoms with Gasteiger partial charge in [0.1, 0.15) is 11.7 Å². The van der Waals surface area contributed by atoms with E-state index in [1.165, 1.54) is 6.07 Å². The normalized spacial score (nSPS) is 18.0. The first-order valence-electron chi connectivity index (χ1n) is 9.02. The van der Waals surface area contributed by atoms with Crippen LogP contribution in [-0.2, 0) is 14.8 Å². The minimum atomic E-state index is -3.91. The summed E-state index contributed by atoms with van der Waals surface area (Å²) < 4.78 is 33.5. The molecule has 2 aromatic carbocycles. The molecule has 29 heavy (non-hydrogen) atoms. The van der Waals surface area contributed by atoms with Crippen LogP contribution in [0.4, 0.5) is 11.4 Å². The number of nitrogens with one attached hydrogen (secondary N) is 2. The van der Waals surface area contributed by atoms with Crippen LogP contribution in [0.15, 0.2) is 47.4 Å². The SMILES string of the molecule is CCOc1ccc(NS(=O)(=O)c2cc(NC(=O)[C@@H]3C[C@@H]3[N+](=O)[O-])ccc2C)cc1. The molecule has 154 valence electrons. The number of ether oxygens (including phenoxy) is 1. The number of hydrogen-bond donors (Lipinski definition) is 2. The molecule has 1 saturated carbocycles. The molecule has 1 fully saturated rings. The predicted molar refractivity (Wildman–Crippen MR) is 107 cm³/mol. The van der Waals surface area contributed by atoms with Crippen LogP contribution < -0.4 is 14.8 Å². The van der Waals surface area contributed by atoms with Crippen LogP contribution in [0.5, 0.6) is 5.75 Å². The molecule has 1 aliphatic carbocycles. The summed E-state index contributed by atoms with van der Waals surface area (Å²) in [4.78, 5) is 22.4. The van der Waals surface area contributed by atoms with Gasteiger partial charge in [-0.2, -0.15) is 0 Å². The van der Waals surface area contributed by atoms with E-state index in [1.807, 2.05) is 6.92 Å². The highest BCUT2D eigenvalue weighted by Crippen LogP contribution is 2.34. The Hall–Kier alpha value is -3.14. The third-order valence-corrected chi connectivity index (χ3v) is 6.05. The molecule has 0 aliphatic heterocycles. The number of amides is 1. The van der Waals surface area contributed by atoms with Crippen molar-refractivity contribution in [3.63, 3.8) is 0 Å². The average Bonchev–Trinajstić information content (AvgIpc) is 3.46. The van der Waals surface area contributed by atoms with Crippen molar-refractivity contribution in [1.29, 1.82) is 0 Å². The summed E-state index contributed by atoms with van der Waals surface area (Å²) in [7, 11) is -3.91.